The molecule has 0 saturated carbocycles. The second-order valence-corrected chi connectivity index (χ2v) is 8.23. The molecule has 4 nitrogen and oxygen atoms in total. The summed E-state index contributed by atoms with van der Waals surface area (Å²) in [6.07, 6.45) is -0.720. The van der Waals surface area contributed by atoms with Crippen LogP contribution in [0.25, 0.3) is 0 Å². The molecular formula is C21H22ClNO3. The van der Waals surface area contributed by atoms with Gasteiger partial charge in [-0.2, -0.15) is 0 Å². The summed E-state index contributed by atoms with van der Waals surface area (Å²) in [5.74, 6) is -0.516. The third-order valence-corrected chi connectivity index (χ3v) is 4.87. The number of anilines is 1. The number of hydrogen-bond acceptors (Lipinski definition) is 3. The number of hydrogen-bond donors (Lipinski definition) is 0. The maximum Gasteiger partial charge on any atom is 0.421 e. The van der Waals surface area contributed by atoms with Crippen molar-refractivity contribution >= 4 is 29.3 Å². The van der Waals surface area contributed by atoms with E-state index < -0.39 is 22.5 Å². The summed E-state index contributed by atoms with van der Waals surface area (Å²) in [4.78, 5) is 25.6. The first-order chi connectivity index (χ1) is 12.0. The number of carbonyl (C=O) groups is 2. The van der Waals surface area contributed by atoms with Gasteiger partial charge in [0.05, 0.1) is 5.69 Å². The number of imide groups is 1. The molecule has 0 saturated heterocycles. The second kappa shape index (κ2) is 6.13. The normalized spacial score (nSPS) is 19.5. The summed E-state index contributed by atoms with van der Waals surface area (Å²) in [6.45, 7) is 9.17. The number of carbonyl (C=O) groups excluding carboxylic acids is 2. The van der Waals surface area contributed by atoms with Crippen molar-refractivity contribution in [3.8, 4) is 0 Å². The number of nitrogens with zero attached hydrogens (tertiary/aromatic N) is 1. The molecule has 5 heteroatoms. The molecule has 1 heterocycles. The maximum absolute atomic E-state index is 13.3. The highest BCUT2D eigenvalue weighted by molar-refractivity contribution is 6.44. The average molecular weight is 372 g/mol. The summed E-state index contributed by atoms with van der Waals surface area (Å²) >= 11 is 6.91. The van der Waals surface area contributed by atoms with E-state index >= 15 is 0 Å². The number of aryl methyl sites for hydroxylation is 2. The quantitative estimate of drug-likeness (QED) is 0.657. The zero-order chi connectivity index (χ0) is 19.3. The molecule has 2 amide bonds. The summed E-state index contributed by atoms with van der Waals surface area (Å²) in [5.41, 5.74) is 2.99. The van der Waals surface area contributed by atoms with Gasteiger partial charge < -0.3 is 4.74 Å². The Kier molecular flexibility index (Phi) is 4.35. The van der Waals surface area contributed by atoms with Crippen molar-refractivity contribution in [3.05, 3.63) is 64.7 Å². The molecule has 2 aromatic rings. The number of alkyl halides is 1. The van der Waals surface area contributed by atoms with Crippen molar-refractivity contribution < 1.29 is 14.3 Å². The van der Waals surface area contributed by atoms with Crippen LogP contribution in [-0.2, 0) is 14.4 Å². The van der Waals surface area contributed by atoms with Crippen LogP contribution in [0, 0.1) is 13.8 Å². The van der Waals surface area contributed by atoms with E-state index in [1.54, 1.807) is 26.8 Å². The molecule has 0 aromatic heterocycles. The first-order valence-electron chi connectivity index (χ1n) is 8.49. The summed E-state index contributed by atoms with van der Waals surface area (Å²) in [7, 11) is 0. The highest BCUT2D eigenvalue weighted by atomic mass is 35.5. The summed E-state index contributed by atoms with van der Waals surface area (Å²) in [6, 6.07) is 12.9. The molecule has 0 spiro atoms. The fourth-order valence-corrected chi connectivity index (χ4v) is 3.41. The third kappa shape index (κ3) is 2.99. The molecule has 26 heavy (non-hydrogen) atoms. The Morgan fingerprint density at radius 1 is 1.04 bits per heavy atom. The van der Waals surface area contributed by atoms with Crippen LogP contribution in [0.1, 0.15) is 43.0 Å². The lowest BCUT2D eigenvalue weighted by molar-refractivity contribution is -0.119. The van der Waals surface area contributed by atoms with E-state index in [-0.39, 0.29) is 0 Å². The molecule has 0 radical (unpaired) electrons. The van der Waals surface area contributed by atoms with Crippen LogP contribution in [0.5, 0.6) is 0 Å². The van der Waals surface area contributed by atoms with Crippen molar-refractivity contribution in [1.29, 1.82) is 0 Å². The van der Waals surface area contributed by atoms with Gasteiger partial charge in [-0.25, -0.2) is 9.69 Å². The van der Waals surface area contributed by atoms with Crippen LogP contribution in [0.15, 0.2) is 42.5 Å². The molecular weight excluding hydrogens is 350 g/mol. The lowest BCUT2D eigenvalue weighted by atomic mass is 9.90. The summed E-state index contributed by atoms with van der Waals surface area (Å²) in [5, 5.41) is 0. The predicted molar refractivity (Wildman–Crippen MR) is 103 cm³/mol. The molecule has 0 fully saturated rings. The second-order valence-electron chi connectivity index (χ2n) is 7.67. The van der Waals surface area contributed by atoms with Gasteiger partial charge in [0, 0.05) is 5.56 Å². The van der Waals surface area contributed by atoms with Crippen LogP contribution in [-0.4, -0.2) is 17.6 Å². The Hall–Kier alpha value is -2.33. The monoisotopic (exact) mass is 371 g/mol. The van der Waals surface area contributed by atoms with Gasteiger partial charge in [-0.3, -0.25) is 4.79 Å². The third-order valence-electron chi connectivity index (χ3n) is 4.29. The Morgan fingerprint density at radius 3 is 2.19 bits per heavy atom. The van der Waals surface area contributed by atoms with E-state index in [0.717, 1.165) is 16.0 Å². The standard InChI is InChI=1S/C21H22ClNO3/c1-13-6-9-15(10-7-13)21(22)16-12-14(2)8-11-17(16)23(18(21)24)19(25)26-20(3,4)5/h6-12H,1-5H3. The fraction of sp³-hybridized carbons (Fsp3) is 0.333. The summed E-state index contributed by atoms with van der Waals surface area (Å²) < 4.78 is 5.43. The van der Waals surface area contributed by atoms with Crippen LogP contribution in [0.2, 0.25) is 0 Å². The Morgan fingerprint density at radius 2 is 1.62 bits per heavy atom. The van der Waals surface area contributed by atoms with Gasteiger partial charge in [0.1, 0.15) is 5.60 Å². The molecule has 3 rings (SSSR count). The lowest BCUT2D eigenvalue weighted by Gasteiger charge is -2.25. The van der Waals surface area contributed by atoms with Crippen molar-refractivity contribution in [2.24, 2.45) is 0 Å². The van der Waals surface area contributed by atoms with E-state index in [9.17, 15) is 9.59 Å². The molecule has 136 valence electrons. The molecule has 1 atom stereocenters. The first-order valence-corrected chi connectivity index (χ1v) is 8.86. The van der Waals surface area contributed by atoms with Gasteiger partial charge in [0.15, 0.2) is 4.87 Å². The zero-order valence-corrected chi connectivity index (χ0v) is 16.3. The van der Waals surface area contributed by atoms with E-state index in [1.807, 2.05) is 50.2 Å². The van der Waals surface area contributed by atoms with E-state index in [4.69, 9.17) is 16.3 Å². The van der Waals surface area contributed by atoms with Crippen molar-refractivity contribution in [1.82, 2.24) is 0 Å². The number of ether oxygens (including phenoxy) is 1. The minimum Gasteiger partial charge on any atom is -0.443 e. The minimum atomic E-state index is -1.45. The predicted octanol–water partition coefficient (Wildman–Crippen LogP) is 5.07. The van der Waals surface area contributed by atoms with Gasteiger partial charge >= 0.3 is 6.09 Å². The topological polar surface area (TPSA) is 46.6 Å². The minimum absolute atomic E-state index is 0.463. The molecule has 2 aromatic carbocycles. The van der Waals surface area contributed by atoms with Gasteiger partial charge in [-0.15, -0.1) is 0 Å². The smallest absolute Gasteiger partial charge is 0.421 e. The average Bonchev–Trinajstić information content (AvgIpc) is 2.75. The van der Waals surface area contributed by atoms with Gasteiger partial charge in [0.25, 0.3) is 5.91 Å². The number of amides is 2. The largest absolute Gasteiger partial charge is 0.443 e. The Balaban J connectivity index is 2.16. The van der Waals surface area contributed by atoms with Crippen LogP contribution >= 0.6 is 11.6 Å². The van der Waals surface area contributed by atoms with E-state index in [1.165, 1.54) is 0 Å². The van der Waals surface area contributed by atoms with E-state index in [2.05, 4.69) is 0 Å². The molecule has 1 unspecified atom stereocenters. The molecule has 1 aliphatic rings. The lowest BCUT2D eigenvalue weighted by Crippen LogP contribution is -2.43. The molecule has 0 aliphatic carbocycles. The van der Waals surface area contributed by atoms with Crippen molar-refractivity contribution in [2.75, 3.05) is 4.90 Å². The number of rotatable bonds is 1. The Bertz CT molecular complexity index is 883. The fourth-order valence-electron chi connectivity index (χ4n) is 3.05. The van der Waals surface area contributed by atoms with Crippen LogP contribution in [0.4, 0.5) is 10.5 Å². The van der Waals surface area contributed by atoms with Gasteiger partial charge in [-0.05, 0) is 46.2 Å². The maximum atomic E-state index is 13.3. The first kappa shape index (κ1) is 18.5. The number of fused-ring (bicyclic) bond motifs is 1. The molecule has 0 N–H and O–H groups in total. The van der Waals surface area contributed by atoms with Crippen molar-refractivity contribution in [3.63, 3.8) is 0 Å². The highest BCUT2D eigenvalue weighted by Crippen LogP contribution is 2.49. The van der Waals surface area contributed by atoms with E-state index in [0.29, 0.717) is 16.8 Å². The van der Waals surface area contributed by atoms with Crippen LogP contribution in [0.3, 0.4) is 0 Å². The zero-order valence-electron chi connectivity index (χ0n) is 15.6. The van der Waals surface area contributed by atoms with Crippen LogP contribution < -0.4 is 4.90 Å². The SMILES string of the molecule is Cc1ccc(C2(Cl)C(=O)N(C(=O)OC(C)(C)C)c3ccc(C)cc32)cc1. The van der Waals surface area contributed by atoms with Crippen molar-refractivity contribution in [2.45, 2.75) is 45.1 Å². The Labute approximate surface area is 158 Å². The molecule has 0 bridgehead atoms. The number of halogens is 1. The van der Waals surface area contributed by atoms with Gasteiger partial charge in [0.2, 0.25) is 0 Å². The highest BCUT2D eigenvalue weighted by Gasteiger charge is 2.54. The van der Waals surface area contributed by atoms with Gasteiger partial charge in [-0.1, -0.05) is 59.1 Å². The molecule has 1 aliphatic heterocycles. The number of benzene rings is 2.